The number of thiazole rings is 1. The number of hydrogen-bond donors (Lipinski definition) is 1. The van der Waals surface area contributed by atoms with E-state index in [1.165, 1.54) is 15.7 Å². The van der Waals surface area contributed by atoms with Gasteiger partial charge in [0.25, 0.3) is 0 Å². The minimum atomic E-state index is -4.00. The first-order valence-electron chi connectivity index (χ1n) is 6.96. The summed E-state index contributed by atoms with van der Waals surface area (Å²) in [7, 11) is -4.00. The molecule has 0 spiro atoms. The third kappa shape index (κ3) is 2.59. The number of rotatable bonds is 2. The predicted octanol–water partition coefficient (Wildman–Crippen LogP) is 2.65. The molecule has 4 rings (SSSR count). The van der Waals surface area contributed by atoms with Gasteiger partial charge in [0, 0.05) is 24.3 Å². The van der Waals surface area contributed by atoms with Crippen molar-refractivity contribution in [3.05, 3.63) is 52.3 Å². The molecular weight excluding hydrogens is 372 g/mol. The lowest BCUT2D eigenvalue weighted by Crippen LogP contribution is -2.21. The van der Waals surface area contributed by atoms with Crippen LogP contribution in [0.4, 0.5) is 0 Å². The summed E-state index contributed by atoms with van der Waals surface area (Å²) in [5.74, 6) is 0. The van der Waals surface area contributed by atoms with Gasteiger partial charge in [-0.05, 0) is 29.7 Å². The van der Waals surface area contributed by atoms with Gasteiger partial charge in [-0.25, -0.2) is 4.98 Å². The molecule has 1 aliphatic heterocycles. The van der Waals surface area contributed by atoms with E-state index in [0.29, 0.717) is 23.6 Å². The van der Waals surface area contributed by atoms with Crippen LogP contribution in [0, 0.1) is 0 Å². The molecule has 0 saturated heterocycles. The summed E-state index contributed by atoms with van der Waals surface area (Å²) in [6.45, 7) is 0.452. The molecule has 2 aromatic rings. The fourth-order valence-electron chi connectivity index (χ4n) is 2.60. The molecule has 0 fully saturated rings. The Balaban J connectivity index is 1.77. The first-order valence-corrected chi connectivity index (χ1v) is 9.66. The van der Waals surface area contributed by atoms with Crippen molar-refractivity contribution in [3.63, 3.8) is 0 Å². The van der Waals surface area contributed by atoms with Crippen LogP contribution in [-0.4, -0.2) is 40.3 Å². The molecule has 124 valence electrons. The predicted molar refractivity (Wildman–Crippen MR) is 91.1 cm³/mol. The second-order valence-electron chi connectivity index (χ2n) is 5.25. The third-order valence-corrected chi connectivity index (χ3v) is 6.14. The molecule has 0 bridgehead atoms. The van der Waals surface area contributed by atoms with Gasteiger partial charge in [0.1, 0.15) is 0 Å². The molecule has 1 aliphatic carbocycles. The Morgan fingerprint density at radius 3 is 3.04 bits per heavy atom. The summed E-state index contributed by atoms with van der Waals surface area (Å²) >= 11 is 7.28. The summed E-state index contributed by atoms with van der Waals surface area (Å²) in [6.07, 6.45) is 8.82. The van der Waals surface area contributed by atoms with Crippen LogP contribution in [0.5, 0.6) is 0 Å². The van der Waals surface area contributed by atoms with Crippen LogP contribution in [-0.2, 0) is 10.0 Å². The van der Waals surface area contributed by atoms with Crippen LogP contribution >= 0.6 is 22.9 Å². The maximum atomic E-state index is 12.7. The highest BCUT2D eigenvalue weighted by Crippen LogP contribution is 2.28. The van der Waals surface area contributed by atoms with Crippen LogP contribution in [0.2, 0.25) is 5.15 Å². The van der Waals surface area contributed by atoms with Crippen molar-refractivity contribution >= 4 is 43.6 Å². The van der Waals surface area contributed by atoms with Gasteiger partial charge in [0.05, 0.1) is 5.71 Å². The Morgan fingerprint density at radius 1 is 1.38 bits per heavy atom. The van der Waals surface area contributed by atoms with Gasteiger partial charge in [-0.3, -0.25) is 14.7 Å². The van der Waals surface area contributed by atoms with Gasteiger partial charge in [-0.15, -0.1) is 11.3 Å². The van der Waals surface area contributed by atoms with E-state index in [0.717, 1.165) is 16.2 Å². The minimum absolute atomic E-state index is 0.0900. The molecule has 2 aliphatic rings. The van der Waals surface area contributed by atoms with E-state index in [4.69, 9.17) is 11.6 Å². The SMILES string of the molecule is O=S(=O)(/N=C1\C=CC2=CN(O)CCC2=C1)c1c(Cl)nc2sccn12. The number of fused-ring (bicyclic) bond motifs is 2. The number of nitrogens with zero attached hydrogens (tertiary/aromatic N) is 4. The molecular formula is C14H11ClN4O3S2. The van der Waals surface area contributed by atoms with Crippen LogP contribution in [0.25, 0.3) is 4.96 Å². The number of halogens is 1. The molecule has 0 unspecified atom stereocenters. The van der Waals surface area contributed by atoms with Crippen molar-refractivity contribution in [1.82, 2.24) is 14.4 Å². The number of imidazole rings is 1. The fraction of sp³-hybridized carbons (Fsp3) is 0.143. The Kier molecular flexibility index (Phi) is 3.61. The van der Waals surface area contributed by atoms with Gasteiger partial charge in [0.2, 0.25) is 5.03 Å². The van der Waals surface area contributed by atoms with Crippen molar-refractivity contribution in [2.45, 2.75) is 11.4 Å². The lowest BCUT2D eigenvalue weighted by atomic mass is 9.95. The van der Waals surface area contributed by atoms with Crippen molar-refractivity contribution in [2.24, 2.45) is 4.40 Å². The first kappa shape index (κ1) is 15.6. The molecule has 0 radical (unpaired) electrons. The van der Waals surface area contributed by atoms with Crippen molar-refractivity contribution in [2.75, 3.05) is 6.54 Å². The summed E-state index contributed by atoms with van der Waals surface area (Å²) in [6, 6.07) is 0. The molecule has 0 atom stereocenters. The van der Waals surface area contributed by atoms with E-state index >= 15 is 0 Å². The monoisotopic (exact) mass is 382 g/mol. The third-order valence-electron chi connectivity index (χ3n) is 3.67. The highest BCUT2D eigenvalue weighted by atomic mass is 35.5. The molecule has 10 heteroatoms. The second kappa shape index (κ2) is 5.55. The van der Waals surface area contributed by atoms with Crippen molar-refractivity contribution in [3.8, 4) is 0 Å². The molecule has 0 aromatic carbocycles. The number of hydroxylamine groups is 2. The van der Waals surface area contributed by atoms with E-state index in [2.05, 4.69) is 9.38 Å². The minimum Gasteiger partial charge on any atom is -0.289 e. The summed E-state index contributed by atoms with van der Waals surface area (Å²) < 4.78 is 30.6. The van der Waals surface area contributed by atoms with E-state index in [-0.39, 0.29) is 10.2 Å². The average molecular weight is 383 g/mol. The molecule has 7 nitrogen and oxygen atoms in total. The maximum Gasteiger partial charge on any atom is 0.302 e. The number of hydrogen-bond acceptors (Lipinski definition) is 6. The smallest absolute Gasteiger partial charge is 0.289 e. The van der Waals surface area contributed by atoms with E-state index in [1.54, 1.807) is 36.0 Å². The highest BCUT2D eigenvalue weighted by Gasteiger charge is 2.25. The average Bonchev–Trinajstić information content (AvgIpc) is 3.06. The van der Waals surface area contributed by atoms with Crippen LogP contribution in [0.15, 0.2) is 56.6 Å². The van der Waals surface area contributed by atoms with E-state index in [1.807, 2.05) is 0 Å². The Morgan fingerprint density at radius 2 is 2.21 bits per heavy atom. The van der Waals surface area contributed by atoms with Crippen LogP contribution < -0.4 is 0 Å². The fourth-order valence-corrected chi connectivity index (χ4v) is 5.02. The second-order valence-corrected chi connectivity index (χ2v) is 8.01. The van der Waals surface area contributed by atoms with Crippen LogP contribution in [0.3, 0.4) is 0 Å². The van der Waals surface area contributed by atoms with Gasteiger partial charge >= 0.3 is 10.0 Å². The first-order chi connectivity index (χ1) is 11.4. The summed E-state index contributed by atoms with van der Waals surface area (Å²) in [4.78, 5) is 4.53. The number of aromatic nitrogens is 2. The zero-order valence-electron chi connectivity index (χ0n) is 12.1. The quantitative estimate of drug-likeness (QED) is 0.862. The van der Waals surface area contributed by atoms with Crippen molar-refractivity contribution in [1.29, 1.82) is 0 Å². The zero-order chi connectivity index (χ0) is 16.9. The molecule has 24 heavy (non-hydrogen) atoms. The number of allylic oxidation sites excluding steroid dienone is 4. The molecule has 0 amide bonds. The summed E-state index contributed by atoms with van der Waals surface area (Å²) in [5, 5.41) is 12.1. The zero-order valence-corrected chi connectivity index (χ0v) is 14.5. The topological polar surface area (TPSA) is 87.3 Å². The van der Waals surface area contributed by atoms with E-state index in [9.17, 15) is 13.6 Å². The van der Waals surface area contributed by atoms with Gasteiger partial charge in [-0.1, -0.05) is 17.7 Å². The van der Waals surface area contributed by atoms with Crippen LogP contribution in [0.1, 0.15) is 6.42 Å². The Hall–Kier alpha value is -1.94. The molecule has 1 N–H and O–H groups in total. The Labute approximate surface area is 146 Å². The van der Waals surface area contributed by atoms with Gasteiger partial charge < -0.3 is 0 Å². The molecule has 2 aromatic heterocycles. The largest absolute Gasteiger partial charge is 0.302 e. The van der Waals surface area contributed by atoms with Gasteiger partial charge in [0.15, 0.2) is 10.1 Å². The van der Waals surface area contributed by atoms with E-state index < -0.39 is 10.0 Å². The normalized spacial score (nSPS) is 19.6. The lowest BCUT2D eigenvalue weighted by molar-refractivity contribution is -0.0428. The summed E-state index contributed by atoms with van der Waals surface area (Å²) in [5.41, 5.74) is 2.08. The maximum absolute atomic E-state index is 12.7. The van der Waals surface area contributed by atoms with Crippen molar-refractivity contribution < 1.29 is 13.6 Å². The Bertz CT molecular complexity index is 1060. The van der Waals surface area contributed by atoms with Gasteiger partial charge in [-0.2, -0.15) is 12.8 Å². The molecule has 0 saturated carbocycles. The number of sulfonamides is 1. The lowest BCUT2D eigenvalue weighted by Gasteiger charge is -2.23. The standard InChI is InChI=1S/C14H11ClN4O3S2/c15-12-13(19-5-6-23-14(19)16-12)24(21,22)17-11-2-1-10-8-18(20)4-3-9(10)7-11/h1-2,5-8,20H,3-4H2/b17-11+. The molecule has 3 heterocycles. The highest BCUT2D eigenvalue weighted by molar-refractivity contribution is 7.90.